The van der Waals surface area contributed by atoms with Crippen LogP contribution in [-0.2, 0) is 9.59 Å². The minimum atomic E-state index is -0.980. The van der Waals surface area contributed by atoms with Crippen molar-refractivity contribution in [3.63, 3.8) is 0 Å². The summed E-state index contributed by atoms with van der Waals surface area (Å²) in [6.07, 6.45) is 2.55. The van der Waals surface area contributed by atoms with Crippen molar-refractivity contribution in [3.05, 3.63) is 12.2 Å². The molecule has 0 aromatic rings. The molecule has 5 heteroatoms. The molecule has 1 rings (SSSR count). The first-order valence-electron chi connectivity index (χ1n) is 4.45. The number of hydrogen-bond donors (Lipinski definition) is 1. The smallest absolute Gasteiger partial charge is 0.328 e. The second-order valence-corrected chi connectivity index (χ2v) is 3.32. The van der Waals surface area contributed by atoms with Crippen LogP contribution in [0.1, 0.15) is 0 Å². The van der Waals surface area contributed by atoms with Crippen LogP contribution in [0.2, 0.25) is 0 Å². The summed E-state index contributed by atoms with van der Waals surface area (Å²) >= 11 is 0. The van der Waals surface area contributed by atoms with Gasteiger partial charge in [0.15, 0.2) is 0 Å². The highest BCUT2D eigenvalue weighted by Crippen LogP contribution is 2.00. The fourth-order valence-corrected chi connectivity index (χ4v) is 1.30. The van der Waals surface area contributed by atoms with Gasteiger partial charge in [-0.1, -0.05) is 6.08 Å². The molecule has 0 unspecified atom stereocenters. The van der Waals surface area contributed by atoms with E-state index in [0.29, 0.717) is 19.6 Å². The Morgan fingerprint density at radius 3 is 2.86 bits per heavy atom. The molecule has 1 N–H and O–H groups in total. The first-order chi connectivity index (χ1) is 6.59. The molecule has 1 saturated heterocycles. The summed E-state index contributed by atoms with van der Waals surface area (Å²) in [5.74, 6) is -0.930. The molecule has 0 radical (unpaired) electrons. The van der Waals surface area contributed by atoms with Gasteiger partial charge in [-0.05, 0) is 7.05 Å². The molecule has 1 aliphatic rings. The molecule has 0 aliphatic carbocycles. The molecule has 0 bridgehead atoms. The quantitative estimate of drug-likeness (QED) is 0.615. The molecule has 0 aromatic heterocycles. The van der Waals surface area contributed by atoms with Crippen molar-refractivity contribution >= 4 is 11.9 Å². The summed E-state index contributed by atoms with van der Waals surface area (Å²) in [6.45, 7) is 2.31. The zero-order chi connectivity index (χ0) is 10.6. The van der Waals surface area contributed by atoms with Gasteiger partial charge in [-0.25, -0.2) is 4.79 Å². The van der Waals surface area contributed by atoms with Gasteiger partial charge in [0.1, 0.15) is 0 Å². The monoisotopic (exact) mass is 198 g/mol. The first kappa shape index (κ1) is 10.7. The Morgan fingerprint density at radius 1 is 1.57 bits per heavy atom. The number of piperazine rings is 1. The van der Waals surface area contributed by atoms with Gasteiger partial charge < -0.3 is 10.0 Å². The Morgan fingerprint density at radius 2 is 2.29 bits per heavy atom. The van der Waals surface area contributed by atoms with E-state index >= 15 is 0 Å². The van der Waals surface area contributed by atoms with Crippen molar-refractivity contribution < 1.29 is 14.7 Å². The zero-order valence-corrected chi connectivity index (χ0v) is 8.14. The van der Waals surface area contributed by atoms with Gasteiger partial charge in [-0.2, -0.15) is 0 Å². The molecule has 0 saturated carbocycles. The normalized spacial score (nSPS) is 19.2. The van der Waals surface area contributed by atoms with Crippen LogP contribution in [0.3, 0.4) is 0 Å². The molecular weight excluding hydrogens is 184 g/mol. The van der Waals surface area contributed by atoms with Gasteiger partial charge in [-0.15, -0.1) is 0 Å². The lowest BCUT2D eigenvalue weighted by atomic mass is 10.3. The van der Waals surface area contributed by atoms with E-state index in [0.717, 1.165) is 12.6 Å². The standard InChI is InChI=1S/C9H14N2O3/c1-10-5-6-11(8(12)7-10)4-2-3-9(13)14/h2-3H,4-7H2,1H3,(H,13,14)/b3-2+. The van der Waals surface area contributed by atoms with E-state index in [-0.39, 0.29) is 5.91 Å². The predicted octanol–water partition coefficient (Wildman–Crippen LogP) is -0.599. The lowest BCUT2D eigenvalue weighted by molar-refractivity contribution is -0.135. The maximum atomic E-state index is 11.4. The maximum absolute atomic E-state index is 11.4. The topological polar surface area (TPSA) is 60.9 Å². The Labute approximate surface area is 82.6 Å². The second kappa shape index (κ2) is 4.76. The first-order valence-corrected chi connectivity index (χ1v) is 4.45. The molecule has 0 atom stereocenters. The summed E-state index contributed by atoms with van der Waals surface area (Å²) in [4.78, 5) is 25.2. The third-order valence-corrected chi connectivity index (χ3v) is 2.10. The van der Waals surface area contributed by atoms with Crippen LogP contribution >= 0.6 is 0 Å². The molecule has 1 amide bonds. The number of amides is 1. The van der Waals surface area contributed by atoms with Crippen molar-refractivity contribution in [2.45, 2.75) is 0 Å². The third-order valence-electron chi connectivity index (χ3n) is 2.10. The lowest BCUT2D eigenvalue weighted by Gasteiger charge is -2.31. The SMILES string of the molecule is CN1CCN(C/C=C/C(=O)O)C(=O)C1. The Hall–Kier alpha value is -1.36. The highest BCUT2D eigenvalue weighted by Gasteiger charge is 2.19. The fourth-order valence-electron chi connectivity index (χ4n) is 1.30. The number of carbonyl (C=O) groups is 2. The average Bonchev–Trinajstić information content (AvgIpc) is 2.08. The average molecular weight is 198 g/mol. The van der Waals surface area contributed by atoms with Crippen LogP contribution in [-0.4, -0.2) is 60.0 Å². The number of carboxylic acid groups (broad SMARTS) is 1. The highest BCUT2D eigenvalue weighted by molar-refractivity contribution is 5.81. The Bertz CT molecular complexity index is 263. The number of aliphatic carboxylic acids is 1. The summed E-state index contributed by atoms with van der Waals surface area (Å²) in [5.41, 5.74) is 0. The number of hydrogen-bond acceptors (Lipinski definition) is 3. The van der Waals surface area contributed by atoms with Gasteiger partial charge in [0.05, 0.1) is 6.54 Å². The molecular formula is C9H14N2O3. The second-order valence-electron chi connectivity index (χ2n) is 3.32. The summed E-state index contributed by atoms with van der Waals surface area (Å²) in [7, 11) is 1.89. The zero-order valence-electron chi connectivity index (χ0n) is 8.14. The minimum absolute atomic E-state index is 0.0498. The summed E-state index contributed by atoms with van der Waals surface area (Å²) in [5, 5.41) is 8.35. The van der Waals surface area contributed by atoms with E-state index < -0.39 is 5.97 Å². The van der Waals surface area contributed by atoms with Crippen LogP contribution in [0.5, 0.6) is 0 Å². The molecule has 1 heterocycles. The van der Waals surface area contributed by atoms with Gasteiger partial charge in [0.2, 0.25) is 5.91 Å². The number of nitrogens with zero attached hydrogens (tertiary/aromatic N) is 2. The van der Waals surface area contributed by atoms with Crippen molar-refractivity contribution in [3.8, 4) is 0 Å². The number of rotatable bonds is 3. The van der Waals surface area contributed by atoms with E-state index in [4.69, 9.17) is 5.11 Å². The predicted molar refractivity (Wildman–Crippen MR) is 50.9 cm³/mol. The summed E-state index contributed by atoms with van der Waals surface area (Å²) in [6, 6.07) is 0. The van der Waals surface area contributed by atoms with Crippen LogP contribution < -0.4 is 0 Å². The van der Waals surface area contributed by atoms with Crippen LogP contribution in [0.4, 0.5) is 0 Å². The minimum Gasteiger partial charge on any atom is -0.478 e. The number of likely N-dealkylation sites (N-methyl/N-ethyl adjacent to an activating group) is 1. The molecule has 0 spiro atoms. The van der Waals surface area contributed by atoms with Gasteiger partial charge >= 0.3 is 5.97 Å². The lowest BCUT2D eigenvalue weighted by Crippen LogP contribution is -2.48. The van der Waals surface area contributed by atoms with E-state index in [1.807, 2.05) is 11.9 Å². The largest absolute Gasteiger partial charge is 0.478 e. The van der Waals surface area contributed by atoms with Gasteiger partial charge in [0, 0.05) is 25.7 Å². The molecule has 5 nitrogen and oxygen atoms in total. The molecule has 14 heavy (non-hydrogen) atoms. The molecule has 0 aromatic carbocycles. The van der Waals surface area contributed by atoms with Crippen molar-refractivity contribution in [1.29, 1.82) is 0 Å². The number of carbonyl (C=O) groups excluding carboxylic acids is 1. The third kappa shape index (κ3) is 3.18. The highest BCUT2D eigenvalue weighted by atomic mass is 16.4. The van der Waals surface area contributed by atoms with Gasteiger partial charge in [-0.3, -0.25) is 9.69 Å². The molecule has 78 valence electrons. The van der Waals surface area contributed by atoms with E-state index in [1.165, 1.54) is 6.08 Å². The van der Waals surface area contributed by atoms with Crippen LogP contribution in [0.15, 0.2) is 12.2 Å². The van der Waals surface area contributed by atoms with E-state index in [9.17, 15) is 9.59 Å². The van der Waals surface area contributed by atoms with Gasteiger partial charge in [0.25, 0.3) is 0 Å². The van der Waals surface area contributed by atoms with E-state index in [2.05, 4.69) is 0 Å². The molecule has 1 aliphatic heterocycles. The molecule has 1 fully saturated rings. The Kier molecular flexibility index (Phi) is 3.64. The van der Waals surface area contributed by atoms with Crippen LogP contribution in [0.25, 0.3) is 0 Å². The Balaban J connectivity index is 2.38. The number of carboxylic acids is 1. The van der Waals surface area contributed by atoms with E-state index in [1.54, 1.807) is 4.90 Å². The van der Waals surface area contributed by atoms with Crippen LogP contribution in [0, 0.1) is 0 Å². The van der Waals surface area contributed by atoms with Crippen molar-refractivity contribution in [2.24, 2.45) is 0 Å². The maximum Gasteiger partial charge on any atom is 0.328 e. The van der Waals surface area contributed by atoms with Crippen molar-refractivity contribution in [1.82, 2.24) is 9.80 Å². The van der Waals surface area contributed by atoms with Crippen molar-refractivity contribution in [2.75, 3.05) is 33.2 Å². The fraction of sp³-hybridized carbons (Fsp3) is 0.556. The summed E-state index contributed by atoms with van der Waals surface area (Å²) < 4.78 is 0.